The van der Waals surface area contributed by atoms with Crippen LogP contribution in [0.15, 0.2) is 30.3 Å². The second-order valence-electron chi connectivity index (χ2n) is 7.35. The standard InChI is InChI=1S/C19H30N2/c1-3-21(13-16-9-10-16)15-19(2,14-20-18-11-12-18)17-7-5-4-6-8-17/h4-8,16,18,20H,3,9-15H2,1-2H3. The maximum atomic E-state index is 3.77. The van der Waals surface area contributed by atoms with Crippen LogP contribution in [0.25, 0.3) is 0 Å². The van der Waals surface area contributed by atoms with Crippen LogP contribution in [0.4, 0.5) is 0 Å². The molecule has 3 rings (SSSR count). The summed E-state index contributed by atoms with van der Waals surface area (Å²) in [6.07, 6.45) is 5.62. The van der Waals surface area contributed by atoms with Crippen LogP contribution >= 0.6 is 0 Å². The van der Waals surface area contributed by atoms with Crippen molar-refractivity contribution in [3.05, 3.63) is 35.9 Å². The van der Waals surface area contributed by atoms with E-state index in [4.69, 9.17) is 0 Å². The second-order valence-corrected chi connectivity index (χ2v) is 7.35. The fraction of sp³-hybridized carbons (Fsp3) is 0.684. The summed E-state index contributed by atoms with van der Waals surface area (Å²) in [7, 11) is 0. The zero-order chi connectivity index (χ0) is 14.7. The Morgan fingerprint density at radius 2 is 1.86 bits per heavy atom. The van der Waals surface area contributed by atoms with E-state index in [9.17, 15) is 0 Å². The summed E-state index contributed by atoms with van der Waals surface area (Å²) in [4.78, 5) is 2.67. The quantitative estimate of drug-likeness (QED) is 0.748. The molecule has 21 heavy (non-hydrogen) atoms. The van der Waals surface area contributed by atoms with E-state index in [1.165, 1.54) is 50.9 Å². The third kappa shape index (κ3) is 4.31. The Kier molecular flexibility index (Phi) is 4.66. The monoisotopic (exact) mass is 286 g/mol. The lowest BCUT2D eigenvalue weighted by molar-refractivity contribution is 0.212. The molecule has 1 atom stereocenters. The predicted molar refractivity (Wildman–Crippen MR) is 89.7 cm³/mol. The van der Waals surface area contributed by atoms with Crippen molar-refractivity contribution in [2.75, 3.05) is 26.2 Å². The molecule has 2 aliphatic carbocycles. The average Bonchev–Trinajstić information content (AvgIpc) is 3.40. The largest absolute Gasteiger partial charge is 0.313 e. The van der Waals surface area contributed by atoms with Gasteiger partial charge in [-0.1, -0.05) is 44.2 Å². The van der Waals surface area contributed by atoms with E-state index in [2.05, 4.69) is 54.4 Å². The van der Waals surface area contributed by atoms with Crippen molar-refractivity contribution < 1.29 is 0 Å². The maximum absolute atomic E-state index is 3.77. The van der Waals surface area contributed by atoms with Crippen molar-refractivity contribution >= 4 is 0 Å². The van der Waals surface area contributed by atoms with Gasteiger partial charge in [0.1, 0.15) is 0 Å². The molecule has 2 fully saturated rings. The van der Waals surface area contributed by atoms with Gasteiger partial charge in [0.05, 0.1) is 0 Å². The van der Waals surface area contributed by atoms with Crippen LogP contribution in [0.5, 0.6) is 0 Å². The van der Waals surface area contributed by atoms with Gasteiger partial charge in [0.2, 0.25) is 0 Å². The molecule has 0 spiro atoms. The van der Waals surface area contributed by atoms with Gasteiger partial charge in [-0.15, -0.1) is 0 Å². The Bertz CT molecular complexity index is 436. The van der Waals surface area contributed by atoms with Gasteiger partial charge >= 0.3 is 0 Å². The summed E-state index contributed by atoms with van der Waals surface area (Å²) >= 11 is 0. The number of nitrogens with one attached hydrogen (secondary N) is 1. The molecule has 0 heterocycles. The lowest BCUT2D eigenvalue weighted by Crippen LogP contribution is -2.46. The van der Waals surface area contributed by atoms with E-state index in [-0.39, 0.29) is 5.41 Å². The molecule has 2 nitrogen and oxygen atoms in total. The first-order valence-corrected chi connectivity index (χ1v) is 8.71. The predicted octanol–water partition coefficient (Wildman–Crippen LogP) is 3.43. The highest BCUT2D eigenvalue weighted by atomic mass is 15.1. The van der Waals surface area contributed by atoms with Crippen LogP contribution in [-0.4, -0.2) is 37.1 Å². The molecule has 2 heteroatoms. The molecule has 0 radical (unpaired) electrons. The van der Waals surface area contributed by atoms with E-state index < -0.39 is 0 Å². The van der Waals surface area contributed by atoms with E-state index in [1.807, 2.05) is 0 Å². The van der Waals surface area contributed by atoms with Crippen LogP contribution in [-0.2, 0) is 5.41 Å². The average molecular weight is 286 g/mol. The van der Waals surface area contributed by atoms with E-state index in [0.29, 0.717) is 0 Å². The number of likely N-dealkylation sites (N-methyl/N-ethyl adjacent to an activating group) is 1. The molecule has 1 aromatic rings. The van der Waals surface area contributed by atoms with Crippen LogP contribution in [0.3, 0.4) is 0 Å². The van der Waals surface area contributed by atoms with Gasteiger partial charge in [-0.05, 0) is 43.7 Å². The lowest BCUT2D eigenvalue weighted by Gasteiger charge is -2.36. The summed E-state index contributed by atoms with van der Waals surface area (Å²) in [6.45, 7) is 9.48. The van der Waals surface area contributed by atoms with E-state index in [0.717, 1.165) is 18.5 Å². The van der Waals surface area contributed by atoms with E-state index in [1.54, 1.807) is 0 Å². The third-order valence-electron chi connectivity index (χ3n) is 5.06. The van der Waals surface area contributed by atoms with Crippen molar-refractivity contribution in [1.29, 1.82) is 0 Å². The topological polar surface area (TPSA) is 15.3 Å². The SMILES string of the molecule is CCN(CC1CC1)CC(C)(CNC1CC1)c1ccccc1. The number of hydrogen-bond acceptors (Lipinski definition) is 2. The van der Waals surface area contributed by atoms with Crippen LogP contribution in [0, 0.1) is 5.92 Å². The van der Waals surface area contributed by atoms with Gasteiger partial charge in [0, 0.05) is 31.1 Å². The Morgan fingerprint density at radius 3 is 2.43 bits per heavy atom. The minimum atomic E-state index is 0.217. The van der Waals surface area contributed by atoms with Gasteiger partial charge in [-0.25, -0.2) is 0 Å². The highest BCUT2D eigenvalue weighted by Gasteiger charge is 2.33. The summed E-state index contributed by atoms with van der Waals surface area (Å²) in [5.41, 5.74) is 1.70. The molecule has 0 saturated heterocycles. The lowest BCUT2D eigenvalue weighted by atomic mass is 9.81. The maximum Gasteiger partial charge on any atom is 0.0177 e. The highest BCUT2D eigenvalue weighted by molar-refractivity contribution is 5.26. The molecule has 116 valence electrons. The van der Waals surface area contributed by atoms with Crippen LogP contribution in [0.1, 0.15) is 45.1 Å². The molecule has 1 unspecified atom stereocenters. The number of rotatable bonds is 9. The molecule has 0 bridgehead atoms. The molecule has 0 aliphatic heterocycles. The van der Waals surface area contributed by atoms with Crippen LogP contribution < -0.4 is 5.32 Å². The molecule has 2 saturated carbocycles. The third-order valence-corrected chi connectivity index (χ3v) is 5.06. The van der Waals surface area contributed by atoms with Gasteiger partial charge in [0.15, 0.2) is 0 Å². The summed E-state index contributed by atoms with van der Waals surface area (Å²) in [6, 6.07) is 11.9. The van der Waals surface area contributed by atoms with E-state index >= 15 is 0 Å². The van der Waals surface area contributed by atoms with Crippen molar-refractivity contribution in [2.45, 2.75) is 51.0 Å². The fourth-order valence-corrected chi connectivity index (χ4v) is 3.21. The first-order chi connectivity index (χ1) is 10.2. The normalized spacial score (nSPS) is 21.5. The first-order valence-electron chi connectivity index (χ1n) is 8.71. The minimum absolute atomic E-state index is 0.217. The number of benzene rings is 1. The Morgan fingerprint density at radius 1 is 1.14 bits per heavy atom. The second kappa shape index (κ2) is 6.50. The zero-order valence-corrected chi connectivity index (χ0v) is 13.6. The summed E-state index contributed by atoms with van der Waals surface area (Å²) in [5.74, 6) is 0.973. The molecular formula is C19H30N2. The zero-order valence-electron chi connectivity index (χ0n) is 13.6. The summed E-state index contributed by atoms with van der Waals surface area (Å²) < 4.78 is 0. The van der Waals surface area contributed by atoms with Crippen LogP contribution in [0.2, 0.25) is 0 Å². The van der Waals surface area contributed by atoms with Gasteiger partial charge in [0.25, 0.3) is 0 Å². The van der Waals surface area contributed by atoms with Gasteiger partial charge < -0.3 is 10.2 Å². The Hall–Kier alpha value is -0.860. The molecule has 2 aliphatic rings. The molecular weight excluding hydrogens is 256 g/mol. The van der Waals surface area contributed by atoms with Crippen molar-refractivity contribution in [3.8, 4) is 0 Å². The number of nitrogens with zero attached hydrogens (tertiary/aromatic N) is 1. The highest BCUT2D eigenvalue weighted by Crippen LogP contribution is 2.32. The fourth-order valence-electron chi connectivity index (χ4n) is 3.21. The molecule has 1 N–H and O–H groups in total. The first kappa shape index (κ1) is 15.1. The van der Waals surface area contributed by atoms with Crippen molar-refractivity contribution in [2.24, 2.45) is 5.92 Å². The molecule has 0 amide bonds. The minimum Gasteiger partial charge on any atom is -0.313 e. The summed E-state index contributed by atoms with van der Waals surface area (Å²) in [5, 5.41) is 3.77. The smallest absolute Gasteiger partial charge is 0.0177 e. The molecule has 1 aromatic carbocycles. The van der Waals surface area contributed by atoms with Gasteiger partial charge in [-0.3, -0.25) is 0 Å². The van der Waals surface area contributed by atoms with Crippen molar-refractivity contribution in [1.82, 2.24) is 10.2 Å². The van der Waals surface area contributed by atoms with Crippen molar-refractivity contribution in [3.63, 3.8) is 0 Å². The van der Waals surface area contributed by atoms with Gasteiger partial charge in [-0.2, -0.15) is 0 Å². The Labute approximate surface area is 129 Å². The number of hydrogen-bond donors (Lipinski definition) is 1. The Balaban J connectivity index is 1.69. The molecule has 0 aromatic heterocycles.